The van der Waals surface area contributed by atoms with Crippen LogP contribution in [-0.2, 0) is 22.7 Å². The number of hydrogen-bond donors (Lipinski definition) is 1. The second kappa shape index (κ2) is 8.53. The van der Waals surface area contributed by atoms with Crippen LogP contribution in [0.5, 0.6) is 5.75 Å². The van der Waals surface area contributed by atoms with Gasteiger partial charge in [0.05, 0.1) is 11.1 Å². The molecule has 1 N–H and O–H groups in total. The van der Waals surface area contributed by atoms with Crippen LogP contribution in [0.25, 0.3) is 0 Å². The van der Waals surface area contributed by atoms with Gasteiger partial charge in [-0.1, -0.05) is 38.1 Å². The molecule has 28 heavy (non-hydrogen) atoms. The highest BCUT2D eigenvalue weighted by Gasteiger charge is 2.43. The van der Waals surface area contributed by atoms with Gasteiger partial charge in [-0.25, -0.2) is 4.79 Å². The molecule has 0 aromatic heterocycles. The first kappa shape index (κ1) is 23.3. The number of aliphatic carboxylic acids is 1. The van der Waals surface area contributed by atoms with Crippen molar-refractivity contribution >= 4 is 5.97 Å². The lowest BCUT2D eigenvalue weighted by atomic mass is 9.93. The third kappa shape index (κ3) is 5.17. The molecule has 1 unspecified atom stereocenters. The standard InChI is InChI=1S/C17H12F6O3.C2H6/c1-15(14(24)25,10-5-4-6-11(9-10)16(18,19)20)26-13-8-3-2-7-12(13)17(21,22)23;1-2/h2-9H,1H3,(H,24,25);1-2H3. The van der Waals surface area contributed by atoms with Gasteiger partial charge in [0.15, 0.2) is 0 Å². The van der Waals surface area contributed by atoms with Crippen LogP contribution in [-0.4, -0.2) is 11.1 Å². The minimum atomic E-state index is -4.83. The predicted octanol–water partition coefficient (Wildman–Crippen LogP) is 6.13. The summed E-state index contributed by atoms with van der Waals surface area (Å²) in [5, 5.41) is 9.45. The summed E-state index contributed by atoms with van der Waals surface area (Å²) in [5.41, 5.74) is -5.30. The lowest BCUT2D eigenvalue weighted by molar-refractivity contribution is -0.157. The van der Waals surface area contributed by atoms with E-state index >= 15 is 0 Å². The molecule has 0 saturated heterocycles. The Morgan fingerprint density at radius 1 is 0.857 bits per heavy atom. The van der Waals surface area contributed by atoms with E-state index in [9.17, 15) is 36.2 Å². The maximum Gasteiger partial charge on any atom is 0.419 e. The molecular weight excluding hydrogens is 390 g/mol. The van der Waals surface area contributed by atoms with Crippen LogP contribution in [0.3, 0.4) is 0 Å². The highest BCUT2D eigenvalue weighted by atomic mass is 19.4. The van der Waals surface area contributed by atoms with Crippen molar-refractivity contribution in [3.8, 4) is 5.75 Å². The molecule has 2 aromatic carbocycles. The molecule has 9 heteroatoms. The highest BCUT2D eigenvalue weighted by Crippen LogP contribution is 2.40. The molecule has 0 radical (unpaired) electrons. The van der Waals surface area contributed by atoms with Gasteiger partial charge < -0.3 is 9.84 Å². The van der Waals surface area contributed by atoms with Gasteiger partial charge in [0.2, 0.25) is 5.60 Å². The predicted molar refractivity (Wildman–Crippen MR) is 89.9 cm³/mol. The highest BCUT2D eigenvalue weighted by molar-refractivity contribution is 5.79. The number of rotatable bonds is 4. The summed E-state index contributed by atoms with van der Waals surface area (Å²) in [6, 6.07) is 7.11. The van der Waals surface area contributed by atoms with Crippen LogP contribution < -0.4 is 4.74 Å². The fourth-order valence-corrected chi connectivity index (χ4v) is 2.23. The summed E-state index contributed by atoms with van der Waals surface area (Å²) in [7, 11) is 0. The van der Waals surface area contributed by atoms with Crippen molar-refractivity contribution in [1.82, 2.24) is 0 Å². The molecule has 0 bridgehead atoms. The molecular formula is C19H18F6O3. The number of para-hydroxylation sites is 1. The molecule has 0 spiro atoms. The first-order valence-electron chi connectivity index (χ1n) is 8.12. The Kier molecular flexibility index (Phi) is 7.11. The molecule has 2 rings (SSSR count). The smallest absolute Gasteiger partial charge is 0.419 e. The lowest BCUT2D eigenvalue weighted by Crippen LogP contribution is -2.39. The Bertz CT molecular complexity index is 814. The van der Waals surface area contributed by atoms with Crippen molar-refractivity contribution < 1.29 is 41.0 Å². The van der Waals surface area contributed by atoms with Crippen LogP contribution in [0, 0.1) is 0 Å². The average Bonchev–Trinajstić information content (AvgIpc) is 2.62. The second-order valence-corrected chi connectivity index (χ2v) is 5.51. The quantitative estimate of drug-likeness (QED) is 0.619. The topological polar surface area (TPSA) is 46.5 Å². The molecule has 0 amide bonds. The third-order valence-electron chi connectivity index (χ3n) is 3.66. The van der Waals surface area contributed by atoms with Crippen molar-refractivity contribution in [2.24, 2.45) is 0 Å². The number of hydrogen-bond acceptors (Lipinski definition) is 2. The Hall–Kier alpha value is -2.71. The largest absolute Gasteiger partial charge is 0.478 e. The Morgan fingerprint density at radius 2 is 1.39 bits per heavy atom. The first-order chi connectivity index (χ1) is 12.9. The van der Waals surface area contributed by atoms with E-state index in [1.54, 1.807) is 0 Å². The number of carboxylic acid groups (broad SMARTS) is 1. The van der Waals surface area contributed by atoms with Gasteiger partial charge in [-0.05, 0) is 31.2 Å². The Labute approximate surface area is 157 Å². The maximum atomic E-state index is 13.1. The molecule has 2 aromatic rings. The number of halogens is 6. The summed E-state index contributed by atoms with van der Waals surface area (Å²) in [6.45, 7) is 4.89. The van der Waals surface area contributed by atoms with Gasteiger partial charge in [0, 0.05) is 5.56 Å². The number of carboxylic acids is 1. The molecule has 0 aliphatic carbocycles. The summed E-state index contributed by atoms with van der Waals surface area (Å²) < 4.78 is 82.9. The fourth-order valence-electron chi connectivity index (χ4n) is 2.23. The number of alkyl halides is 6. The molecule has 0 fully saturated rings. The van der Waals surface area contributed by atoms with E-state index in [0.717, 1.165) is 37.3 Å². The Morgan fingerprint density at radius 3 is 1.89 bits per heavy atom. The zero-order valence-electron chi connectivity index (χ0n) is 15.2. The molecule has 0 heterocycles. The fraction of sp³-hybridized carbons (Fsp3) is 0.316. The van der Waals surface area contributed by atoms with Crippen LogP contribution in [0.4, 0.5) is 26.3 Å². The Balaban J connectivity index is 0.00000190. The van der Waals surface area contributed by atoms with Gasteiger partial charge in [0.1, 0.15) is 5.75 Å². The average molecular weight is 408 g/mol. The van der Waals surface area contributed by atoms with Gasteiger partial charge in [-0.15, -0.1) is 0 Å². The van der Waals surface area contributed by atoms with E-state index in [-0.39, 0.29) is 0 Å². The van der Waals surface area contributed by atoms with Crippen LogP contribution >= 0.6 is 0 Å². The van der Waals surface area contributed by atoms with E-state index in [2.05, 4.69) is 0 Å². The van der Waals surface area contributed by atoms with Gasteiger partial charge in [0.25, 0.3) is 0 Å². The maximum absolute atomic E-state index is 13.1. The van der Waals surface area contributed by atoms with Gasteiger partial charge in [-0.3, -0.25) is 0 Å². The van der Waals surface area contributed by atoms with Crippen LogP contribution in [0.1, 0.15) is 37.5 Å². The van der Waals surface area contributed by atoms with E-state index in [1.165, 1.54) is 6.07 Å². The monoisotopic (exact) mass is 408 g/mol. The zero-order valence-corrected chi connectivity index (χ0v) is 15.2. The molecule has 0 aliphatic rings. The van der Waals surface area contributed by atoms with Gasteiger partial charge in [-0.2, -0.15) is 26.3 Å². The molecule has 154 valence electrons. The van der Waals surface area contributed by atoms with Gasteiger partial charge >= 0.3 is 18.3 Å². The van der Waals surface area contributed by atoms with Crippen LogP contribution in [0.15, 0.2) is 48.5 Å². The minimum Gasteiger partial charge on any atom is -0.478 e. The van der Waals surface area contributed by atoms with Crippen LogP contribution in [0.2, 0.25) is 0 Å². The SMILES string of the molecule is CC.CC(Oc1ccccc1C(F)(F)F)(C(=O)O)c1cccc(C(F)(F)F)c1. The van der Waals surface area contributed by atoms with Crippen molar-refractivity contribution in [2.45, 2.75) is 38.7 Å². The summed E-state index contributed by atoms with van der Waals surface area (Å²) >= 11 is 0. The molecule has 1 atom stereocenters. The van der Waals surface area contributed by atoms with Crippen molar-refractivity contribution in [3.63, 3.8) is 0 Å². The summed E-state index contributed by atoms with van der Waals surface area (Å²) in [5.74, 6) is -2.55. The van der Waals surface area contributed by atoms with E-state index in [4.69, 9.17) is 4.74 Å². The molecule has 0 saturated carbocycles. The first-order valence-corrected chi connectivity index (χ1v) is 8.12. The molecule has 3 nitrogen and oxygen atoms in total. The summed E-state index contributed by atoms with van der Waals surface area (Å²) in [4.78, 5) is 11.7. The molecule has 0 aliphatic heterocycles. The third-order valence-corrected chi connectivity index (χ3v) is 3.66. The summed E-state index contributed by atoms with van der Waals surface area (Å²) in [6.07, 6.45) is -9.58. The van der Waals surface area contributed by atoms with E-state index < -0.39 is 46.4 Å². The van der Waals surface area contributed by atoms with E-state index in [0.29, 0.717) is 12.1 Å². The second-order valence-electron chi connectivity index (χ2n) is 5.51. The number of ether oxygens (including phenoxy) is 1. The van der Waals surface area contributed by atoms with Crippen molar-refractivity contribution in [1.29, 1.82) is 0 Å². The lowest BCUT2D eigenvalue weighted by Gasteiger charge is -2.28. The van der Waals surface area contributed by atoms with Crippen molar-refractivity contribution in [2.75, 3.05) is 0 Å². The zero-order chi connectivity index (χ0) is 21.8. The normalized spacial score (nSPS) is 13.8. The van der Waals surface area contributed by atoms with E-state index in [1.807, 2.05) is 13.8 Å². The number of carbonyl (C=O) groups is 1. The van der Waals surface area contributed by atoms with Crippen molar-refractivity contribution in [3.05, 3.63) is 65.2 Å². The number of benzene rings is 2. The minimum absolute atomic E-state index is 0.447.